The van der Waals surface area contributed by atoms with Gasteiger partial charge in [0.05, 0.1) is 11.0 Å². The van der Waals surface area contributed by atoms with Crippen molar-refractivity contribution in [3.05, 3.63) is 28.4 Å². The molecule has 0 aromatic carbocycles. The number of hydrogen-bond donors (Lipinski definition) is 2. The van der Waals surface area contributed by atoms with Gasteiger partial charge in [-0.2, -0.15) is 0 Å². The van der Waals surface area contributed by atoms with Crippen LogP contribution in [0.25, 0.3) is 0 Å². The molecule has 1 fully saturated rings. The second-order valence-electron chi connectivity index (χ2n) is 5.08. The van der Waals surface area contributed by atoms with Gasteiger partial charge in [-0.05, 0) is 12.8 Å². The fourth-order valence-electron chi connectivity index (χ4n) is 2.57. The summed E-state index contributed by atoms with van der Waals surface area (Å²) < 4.78 is 0. The van der Waals surface area contributed by atoms with E-state index >= 15 is 0 Å². The Hall–Kier alpha value is -2.18. The van der Waals surface area contributed by atoms with Gasteiger partial charge in [0.2, 0.25) is 0 Å². The van der Waals surface area contributed by atoms with E-state index in [0.717, 1.165) is 25.7 Å². The molecule has 0 unspecified atom stereocenters. The van der Waals surface area contributed by atoms with Crippen molar-refractivity contribution in [3.63, 3.8) is 0 Å². The average Bonchev–Trinajstić information content (AvgIpc) is 2.65. The van der Waals surface area contributed by atoms with Crippen LogP contribution in [0.2, 0.25) is 0 Å². The average molecular weight is 279 g/mol. The smallest absolute Gasteiger partial charge is 0.329 e. The lowest BCUT2D eigenvalue weighted by molar-refractivity contribution is -0.384. The van der Waals surface area contributed by atoms with Gasteiger partial charge in [0.15, 0.2) is 0 Å². The summed E-state index contributed by atoms with van der Waals surface area (Å²) in [5, 5.41) is 23.2. The molecule has 2 rings (SSSR count). The third-order valence-corrected chi connectivity index (χ3v) is 3.69. The zero-order valence-electron chi connectivity index (χ0n) is 11.0. The monoisotopic (exact) mass is 279 g/mol. The Morgan fingerprint density at radius 3 is 2.55 bits per heavy atom. The second-order valence-corrected chi connectivity index (χ2v) is 5.08. The maximum Gasteiger partial charge on any atom is 0.329 e. The molecule has 1 aliphatic carbocycles. The Kier molecular flexibility index (Phi) is 4.16. The molecule has 0 aliphatic heterocycles. The highest BCUT2D eigenvalue weighted by Crippen LogP contribution is 2.31. The summed E-state index contributed by atoms with van der Waals surface area (Å²) in [6.07, 6.45) is 6.01. The molecule has 0 bridgehead atoms. The standard InChI is InChI=1S/C13H17N3O4/c17-12(18)13(6-3-1-2-4-7-13)15-11-9-10(16(19)20)5-8-14-11/h5,8-9H,1-4,6-7H2,(H,14,15)(H,17,18). The van der Waals surface area contributed by atoms with Gasteiger partial charge < -0.3 is 10.4 Å². The largest absolute Gasteiger partial charge is 0.480 e. The molecular formula is C13H17N3O4. The minimum absolute atomic E-state index is 0.100. The van der Waals surface area contributed by atoms with Gasteiger partial charge in [0.25, 0.3) is 5.69 Å². The summed E-state index contributed by atoms with van der Waals surface area (Å²) in [5.41, 5.74) is -1.17. The first-order valence-corrected chi connectivity index (χ1v) is 6.65. The van der Waals surface area contributed by atoms with Crippen LogP contribution in [0, 0.1) is 10.1 Å². The first-order valence-electron chi connectivity index (χ1n) is 6.65. The summed E-state index contributed by atoms with van der Waals surface area (Å²) >= 11 is 0. The zero-order valence-corrected chi connectivity index (χ0v) is 11.0. The molecule has 108 valence electrons. The number of nitro groups is 1. The lowest BCUT2D eigenvalue weighted by atomic mass is 9.90. The Morgan fingerprint density at radius 1 is 1.35 bits per heavy atom. The number of carboxylic acids is 1. The zero-order chi connectivity index (χ0) is 14.6. The number of hydrogen-bond acceptors (Lipinski definition) is 5. The van der Waals surface area contributed by atoms with Crippen LogP contribution in [0.3, 0.4) is 0 Å². The van der Waals surface area contributed by atoms with Gasteiger partial charge in [-0.25, -0.2) is 9.78 Å². The van der Waals surface area contributed by atoms with Crippen molar-refractivity contribution in [2.45, 2.75) is 44.1 Å². The molecule has 0 saturated heterocycles. The van der Waals surface area contributed by atoms with Crippen LogP contribution in [0.15, 0.2) is 18.3 Å². The number of aliphatic carboxylic acids is 1. The summed E-state index contributed by atoms with van der Waals surface area (Å²) in [6, 6.07) is 2.56. The van der Waals surface area contributed by atoms with E-state index in [1.807, 2.05) is 0 Å². The number of aromatic nitrogens is 1. The lowest BCUT2D eigenvalue weighted by Crippen LogP contribution is -2.46. The minimum atomic E-state index is -1.07. The van der Waals surface area contributed by atoms with Gasteiger partial charge >= 0.3 is 5.97 Å². The van der Waals surface area contributed by atoms with Crippen LogP contribution in [0.4, 0.5) is 11.5 Å². The van der Waals surface area contributed by atoms with Crippen LogP contribution >= 0.6 is 0 Å². The van der Waals surface area contributed by atoms with Gasteiger partial charge in [0, 0.05) is 12.3 Å². The van der Waals surface area contributed by atoms with E-state index in [0.29, 0.717) is 12.8 Å². The Balaban J connectivity index is 2.25. The molecule has 0 amide bonds. The van der Waals surface area contributed by atoms with E-state index < -0.39 is 16.4 Å². The molecule has 0 radical (unpaired) electrons. The van der Waals surface area contributed by atoms with E-state index in [1.165, 1.54) is 18.3 Å². The van der Waals surface area contributed by atoms with E-state index in [2.05, 4.69) is 10.3 Å². The number of anilines is 1. The fourth-order valence-corrected chi connectivity index (χ4v) is 2.57. The van der Waals surface area contributed by atoms with E-state index in [4.69, 9.17) is 0 Å². The van der Waals surface area contributed by atoms with Gasteiger partial charge in [-0.1, -0.05) is 25.7 Å². The molecular weight excluding hydrogens is 262 g/mol. The molecule has 0 atom stereocenters. The normalized spacial score (nSPS) is 18.0. The van der Waals surface area contributed by atoms with Crippen molar-refractivity contribution in [3.8, 4) is 0 Å². The third kappa shape index (κ3) is 3.04. The van der Waals surface area contributed by atoms with Crippen LogP contribution in [-0.2, 0) is 4.79 Å². The molecule has 1 aromatic heterocycles. The topological polar surface area (TPSA) is 105 Å². The Bertz CT molecular complexity index is 510. The van der Waals surface area contributed by atoms with Gasteiger partial charge in [0.1, 0.15) is 11.4 Å². The van der Waals surface area contributed by atoms with Crippen molar-refractivity contribution in [1.29, 1.82) is 0 Å². The highest BCUT2D eigenvalue weighted by molar-refractivity contribution is 5.82. The number of rotatable bonds is 4. The first kappa shape index (κ1) is 14.2. The highest BCUT2D eigenvalue weighted by Gasteiger charge is 2.39. The molecule has 7 heteroatoms. The maximum absolute atomic E-state index is 11.6. The molecule has 2 N–H and O–H groups in total. The summed E-state index contributed by atoms with van der Waals surface area (Å²) in [6.45, 7) is 0. The van der Waals surface area contributed by atoms with Crippen molar-refractivity contribution in [1.82, 2.24) is 4.98 Å². The molecule has 7 nitrogen and oxygen atoms in total. The van der Waals surface area contributed by atoms with E-state index in [-0.39, 0.29) is 11.5 Å². The highest BCUT2D eigenvalue weighted by atomic mass is 16.6. The lowest BCUT2D eigenvalue weighted by Gasteiger charge is -2.29. The fraction of sp³-hybridized carbons (Fsp3) is 0.538. The van der Waals surface area contributed by atoms with Crippen LogP contribution in [0.5, 0.6) is 0 Å². The number of nitrogens with zero attached hydrogens (tertiary/aromatic N) is 2. The van der Waals surface area contributed by atoms with Gasteiger partial charge in [-0.3, -0.25) is 10.1 Å². The number of carboxylic acid groups (broad SMARTS) is 1. The predicted octanol–water partition coefficient (Wildman–Crippen LogP) is 2.58. The molecule has 20 heavy (non-hydrogen) atoms. The van der Waals surface area contributed by atoms with Gasteiger partial charge in [-0.15, -0.1) is 0 Å². The third-order valence-electron chi connectivity index (χ3n) is 3.69. The predicted molar refractivity (Wildman–Crippen MR) is 72.6 cm³/mol. The molecule has 1 heterocycles. The van der Waals surface area contributed by atoms with Crippen molar-refractivity contribution in [2.24, 2.45) is 0 Å². The minimum Gasteiger partial charge on any atom is -0.480 e. The molecule has 1 aliphatic rings. The Morgan fingerprint density at radius 2 is 2.00 bits per heavy atom. The van der Waals surface area contributed by atoms with Crippen molar-refractivity contribution < 1.29 is 14.8 Å². The summed E-state index contributed by atoms with van der Waals surface area (Å²) in [5.74, 6) is -0.684. The SMILES string of the molecule is O=C(O)C1(Nc2cc([N+](=O)[O-])ccn2)CCCCCC1. The quantitative estimate of drug-likeness (QED) is 0.498. The van der Waals surface area contributed by atoms with Crippen LogP contribution in [-0.4, -0.2) is 26.5 Å². The maximum atomic E-state index is 11.6. The van der Waals surface area contributed by atoms with E-state index in [1.54, 1.807) is 0 Å². The summed E-state index contributed by atoms with van der Waals surface area (Å²) in [7, 11) is 0. The molecule has 1 saturated carbocycles. The summed E-state index contributed by atoms with van der Waals surface area (Å²) in [4.78, 5) is 25.9. The Labute approximate surface area is 116 Å². The number of carbonyl (C=O) groups is 1. The van der Waals surface area contributed by atoms with E-state index in [9.17, 15) is 20.0 Å². The van der Waals surface area contributed by atoms with Crippen LogP contribution < -0.4 is 5.32 Å². The van der Waals surface area contributed by atoms with Crippen molar-refractivity contribution >= 4 is 17.5 Å². The number of pyridine rings is 1. The molecule has 1 aromatic rings. The first-order chi connectivity index (χ1) is 9.53. The second kappa shape index (κ2) is 5.85. The van der Waals surface area contributed by atoms with Crippen molar-refractivity contribution in [2.75, 3.05) is 5.32 Å². The number of nitrogens with one attached hydrogen (secondary N) is 1. The van der Waals surface area contributed by atoms with Crippen LogP contribution in [0.1, 0.15) is 38.5 Å². The molecule has 0 spiro atoms.